The third-order valence-electron chi connectivity index (χ3n) is 1.60. The molecule has 0 saturated carbocycles. The average molecular weight is 196 g/mol. The molecule has 0 unspecified atom stereocenters. The summed E-state index contributed by atoms with van der Waals surface area (Å²) in [5, 5.41) is 0. The fourth-order valence-corrected chi connectivity index (χ4v) is 1.47. The van der Waals surface area contributed by atoms with Crippen LogP contribution < -0.4 is 0 Å². The number of allylic oxidation sites excluding steroid dienone is 5. The van der Waals surface area contributed by atoms with Gasteiger partial charge in [-0.3, -0.25) is 4.99 Å². The second-order valence-electron chi connectivity index (χ2n) is 2.30. The van der Waals surface area contributed by atoms with E-state index in [9.17, 15) is 0 Å². The van der Waals surface area contributed by atoms with Gasteiger partial charge in [-0.05, 0) is 11.6 Å². The fourth-order valence-electron chi connectivity index (χ4n) is 1.08. The van der Waals surface area contributed by atoms with Gasteiger partial charge in [-0.1, -0.05) is 28.1 Å². The van der Waals surface area contributed by atoms with Gasteiger partial charge in [0, 0.05) is 17.1 Å². The highest BCUT2D eigenvalue weighted by atomic mass is 79.9. The van der Waals surface area contributed by atoms with Gasteiger partial charge >= 0.3 is 0 Å². The molecule has 10 heavy (non-hydrogen) atoms. The Morgan fingerprint density at radius 3 is 3.20 bits per heavy atom. The van der Waals surface area contributed by atoms with Crippen LogP contribution in [0.2, 0.25) is 0 Å². The summed E-state index contributed by atoms with van der Waals surface area (Å²) in [5.74, 6) is 0. The molecule has 0 aromatic heterocycles. The number of halogens is 1. The lowest BCUT2D eigenvalue weighted by molar-refractivity contribution is 1.39. The number of fused-ring (bicyclic) bond motifs is 1. The van der Waals surface area contributed by atoms with Gasteiger partial charge in [0.15, 0.2) is 0 Å². The Bertz CT molecular complexity index is 282. The van der Waals surface area contributed by atoms with Crippen LogP contribution in [0.4, 0.5) is 0 Å². The minimum atomic E-state index is 0.943. The Morgan fingerprint density at radius 2 is 2.30 bits per heavy atom. The van der Waals surface area contributed by atoms with Crippen molar-refractivity contribution >= 4 is 21.6 Å². The topological polar surface area (TPSA) is 12.4 Å². The number of nitrogens with zero attached hydrogens (tertiary/aromatic N) is 1. The molecule has 1 aliphatic carbocycles. The lowest BCUT2D eigenvalue weighted by Gasteiger charge is -2.05. The van der Waals surface area contributed by atoms with Crippen LogP contribution in [-0.2, 0) is 0 Å². The van der Waals surface area contributed by atoms with Crippen LogP contribution in [0.25, 0.3) is 0 Å². The monoisotopic (exact) mass is 195 g/mol. The summed E-state index contributed by atoms with van der Waals surface area (Å²) in [6, 6.07) is 0. The summed E-state index contributed by atoms with van der Waals surface area (Å²) in [6.45, 7) is 0. The first kappa shape index (κ1) is 6.10. The van der Waals surface area contributed by atoms with E-state index >= 15 is 0 Å². The molecule has 0 bridgehead atoms. The maximum Gasteiger partial charge on any atom is 0.0525 e. The molecule has 1 aliphatic heterocycles. The summed E-state index contributed by atoms with van der Waals surface area (Å²) in [4.78, 5) is 4.21. The molecule has 0 saturated heterocycles. The first-order valence-electron chi connectivity index (χ1n) is 3.16. The smallest absolute Gasteiger partial charge is 0.0525 e. The van der Waals surface area contributed by atoms with Crippen molar-refractivity contribution in [2.75, 3.05) is 0 Å². The van der Waals surface area contributed by atoms with Gasteiger partial charge in [0.05, 0.1) is 5.71 Å². The Labute approximate surface area is 68.0 Å². The van der Waals surface area contributed by atoms with E-state index in [1.165, 1.54) is 15.8 Å². The Morgan fingerprint density at radius 1 is 1.40 bits per heavy atom. The Balaban J connectivity index is 2.42. The van der Waals surface area contributed by atoms with Crippen molar-refractivity contribution in [3.05, 3.63) is 34.5 Å². The first-order valence-corrected chi connectivity index (χ1v) is 3.95. The standard InChI is InChI=1S/C8H6BrN/c9-7-2-1-6-3-4-10-8(6)5-7/h1-4H,5H2. The normalized spacial score (nSPS) is 21.5. The molecular weight excluding hydrogens is 190 g/mol. The third kappa shape index (κ3) is 0.886. The maximum atomic E-state index is 4.21. The van der Waals surface area contributed by atoms with Crippen LogP contribution in [0, 0.1) is 0 Å². The first-order chi connectivity index (χ1) is 4.86. The second-order valence-corrected chi connectivity index (χ2v) is 3.32. The second kappa shape index (κ2) is 2.20. The van der Waals surface area contributed by atoms with Crippen LogP contribution in [0.5, 0.6) is 0 Å². The molecular formula is C8H6BrN. The third-order valence-corrected chi connectivity index (χ3v) is 2.14. The number of hydrogen-bond donors (Lipinski definition) is 0. The molecule has 0 fully saturated rings. The molecule has 0 spiro atoms. The lowest BCUT2D eigenvalue weighted by Crippen LogP contribution is -2.00. The lowest BCUT2D eigenvalue weighted by atomic mass is 10.0. The number of hydrogen-bond acceptors (Lipinski definition) is 1. The van der Waals surface area contributed by atoms with E-state index in [0.29, 0.717) is 0 Å². The molecule has 1 heterocycles. The molecule has 0 amide bonds. The maximum absolute atomic E-state index is 4.21. The molecule has 2 aliphatic rings. The van der Waals surface area contributed by atoms with E-state index in [4.69, 9.17) is 0 Å². The highest BCUT2D eigenvalue weighted by Gasteiger charge is 2.12. The van der Waals surface area contributed by atoms with Crippen molar-refractivity contribution in [3.63, 3.8) is 0 Å². The number of aliphatic imine (C=N–C) groups is 1. The van der Waals surface area contributed by atoms with Crippen molar-refractivity contribution < 1.29 is 0 Å². The molecule has 2 rings (SSSR count). The van der Waals surface area contributed by atoms with Crippen LogP contribution >= 0.6 is 15.9 Å². The van der Waals surface area contributed by atoms with Gasteiger partial charge in [0.25, 0.3) is 0 Å². The minimum absolute atomic E-state index is 0.943. The summed E-state index contributed by atoms with van der Waals surface area (Å²) < 4.78 is 1.21. The summed E-state index contributed by atoms with van der Waals surface area (Å²) in [5.41, 5.74) is 2.43. The predicted molar refractivity (Wildman–Crippen MR) is 46.3 cm³/mol. The molecule has 0 N–H and O–H groups in total. The molecule has 0 atom stereocenters. The van der Waals surface area contributed by atoms with Crippen LogP contribution in [-0.4, -0.2) is 5.71 Å². The molecule has 0 aromatic carbocycles. The van der Waals surface area contributed by atoms with E-state index in [-0.39, 0.29) is 0 Å². The van der Waals surface area contributed by atoms with Crippen molar-refractivity contribution in [1.82, 2.24) is 0 Å². The zero-order chi connectivity index (χ0) is 6.97. The van der Waals surface area contributed by atoms with Crippen LogP contribution in [0.3, 0.4) is 0 Å². The Hall–Kier alpha value is -0.630. The van der Waals surface area contributed by atoms with Crippen LogP contribution in [0.1, 0.15) is 6.42 Å². The summed E-state index contributed by atoms with van der Waals surface area (Å²) in [7, 11) is 0. The van der Waals surface area contributed by atoms with Crippen LogP contribution in [0.15, 0.2) is 39.5 Å². The fraction of sp³-hybridized carbons (Fsp3) is 0.125. The molecule has 2 heteroatoms. The van der Waals surface area contributed by atoms with Gasteiger partial charge in [-0.2, -0.15) is 0 Å². The molecule has 50 valence electrons. The SMILES string of the molecule is BrC1=CC=C2C=CN=C2C1. The quantitative estimate of drug-likeness (QED) is 0.564. The van der Waals surface area contributed by atoms with E-state index in [0.717, 1.165) is 6.42 Å². The van der Waals surface area contributed by atoms with Gasteiger partial charge < -0.3 is 0 Å². The molecule has 0 aromatic rings. The summed E-state index contributed by atoms with van der Waals surface area (Å²) >= 11 is 3.43. The van der Waals surface area contributed by atoms with E-state index in [1.807, 2.05) is 12.3 Å². The van der Waals surface area contributed by atoms with E-state index in [2.05, 4.69) is 33.1 Å². The zero-order valence-corrected chi connectivity index (χ0v) is 6.93. The van der Waals surface area contributed by atoms with Crippen molar-refractivity contribution in [2.45, 2.75) is 6.42 Å². The molecule has 0 radical (unpaired) electrons. The average Bonchev–Trinajstić information content (AvgIpc) is 2.33. The van der Waals surface area contributed by atoms with Gasteiger partial charge in [-0.15, -0.1) is 0 Å². The zero-order valence-electron chi connectivity index (χ0n) is 5.34. The van der Waals surface area contributed by atoms with Crippen molar-refractivity contribution in [2.24, 2.45) is 4.99 Å². The number of rotatable bonds is 0. The highest BCUT2D eigenvalue weighted by Crippen LogP contribution is 2.24. The Kier molecular flexibility index (Phi) is 1.34. The molecule has 1 nitrogen and oxygen atoms in total. The van der Waals surface area contributed by atoms with Crippen molar-refractivity contribution in [1.29, 1.82) is 0 Å². The van der Waals surface area contributed by atoms with Gasteiger partial charge in [0.2, 0.25) is 0 Å². The van der Waals surface area contributed by atoms with Gasteiger partial charge in [0.1, 0.15) is 0 Å². The van der Waals surface area contributed by atoms with Gasteiger partial charge in [-0.25, -0.2) is 0 Å². The van der Waals surface area contributed by atoms with Crippen molar-refractivity contribution in [3.8, 4) is 0 Å². The van der Waals surface area contributed by atoms with E-state index in [1.54, 1.807) is 0 Å². The minimum Gasteiger partial charge on any atom is -0.260 e. The predicted octanol–water partition coefficient (Wildman–Crippen LogP) is 2.56. The highest BCUT2D eigenvalue weighted by molar-refractivity contribution is 9.11. The largest absolute Gasteiger partial charge is 0.260 e. The van der Waals surface area contributed by atoms with E-state index < -0.39 is 0 Å². The summed E-state index contributed by atoms with van der Waals surface area (Å²) in [6.07, 6.45) is 8.98.